The smallest absolute Gasteiger partial charge is 0.188 e. The fraction of sp³-hybridized carbons (Fsp3) is 0.267. The molecule has 0 N–H and O–H groups in total. The Balaban J connectivity index is 2.46. The molecule has 2 aromatic rings. The molecule has 0 saturated heterocycles. The summed E-state index contributed by atoms with van der Waals surface area (Å²) in [6.45, 7) is 5.38. The lowest BCUT2D eigenvalue weighted by molar-refractivity contribution is 0.0977. The molecule has 19 heavy (non-hydrogen) atoms. The van der Waals surface area contributed by atoms with Gasteiger partial charge in [-0.1, -0.05) is 6.07 Å². The number of hydrogen-bond donors (Lipinski definition) is 0. The van der Waals surface area contributed by atoms with Crippen molar-refractivity contribution < 1.29 is 9.21 Å². The van der Waals surface area contributed by atoms with Crippen LogP contribution in [-0.2, 0) is 0 Å². The van der Waals surface area contributed by atoms with Gasteiger partial charge in [-0.2, -0.15) is 5.26 Å². The van der Waals surface area contributed by atoms with Gasteiger partial charge in [-0.15, -0.1) is 0 Å². The Morgan fingerprint density at radius 1 is 1.37 bits per heavy atom. The van der Waals surface area contributed by atoms with Crippen molar-refractivity contribution in [3.8, 4) is 6.07 Å². The highest BCUT2D eigenvalue weighted by molar-refractivity contribution is 6.04. The third kappa shape index (κ3) is 2.27. The van der Waals surface area contributed by atoms with Crippen molar-refractivity contribution in [1.29, 1.82) is 5.26 Å². The van der Waals surface area contributed by atoms with E-state index in [4.69, 9.17) is 4.42 Å². The number of rotatable bonds is 3. The van der Waals surface area contributed by atoms with Crippen molar-refractivity contribution in [2.24, 2.45) is 0 Å². The molecule has 0 aromatic carbocycles. The largest absolute Gasteiger partial charge is 0.466 e. The molecule has 4 heteroatoms. The summed E-state index contributed by atoms with van der Waals surface area (Å²) in [5.74, 6) is 0.193. The average molecular weight is 254 g/mol. The van der Waals surface area contributed by atoms with Crippen LogP contribution in [0.25, 0.3) is 0 Å². The van der Waals surface area contributed by atoms with Crippen molar-refractivity contribution in [3.05, 3.63) is 52.7 Å². The topological polar surface area (TPSA) is 66.9 Å². The highest BCUT2D eigenvalue weighted by Crippen LogP contribution is 2.27. The first-order valence-corrected chi connectivity index (χ1v) is 5.96. The molecule has 0 fully saturated rings. The van der Waals surface area contributed by atoms with Gasteiger partial charge in [0.25, 0.3) is 0 Å². The van der Waals surface area contributed by atoms with Gasteiger partial charge in [-0.25, -0.2) is 0 Å². The first kappa shape index (κ1) is 13.0. The van der Waals surface area contributed by atoms with Crippen LogP contribution in [0.1, 0.15) is 38.9 Å². The van der Waals surface area contributed by atoms with Gasteiger partial charge in [0, 0.05) is 18.0 Å². The normalized spacial score (nSPS) is 11.9. The Hall–Kier alpha value is -2.41. The molecule has 0 radical (unpaired) electrons. The Morgan fingerprint density at radius 3 is 2.58 bits per heavy atom. The van der Waals surface area contributed by atoms with Crippen LogP contribution in [0.3, 0.4) is 0 Å². The lowest BCUT2D eigenvalue weighted by Gasteiger charge is -2.08. The maximum Gasteiger partial charge on any atom is 0.188 e. The predicted molar refractivity (Wildman–Crippen MR) is 69.8 cm³/mol. The van der Waals surface area contributed by atoms with Crippen molar-refractivity contribution >= 4 is 5.78 Å². The van der Waals surface area contributed by atoms with E-state index in [-0.39, 0.29) is 5.78 Å². The van der Waals surface area contributed by atoms with E-state index in [1.54, 1.807) is 31.5 Å². The van der Waals surface area contributed by atoms with Crippen LogP contribution in [-0.4, -0.2) is 10.8 Å². The lowest BCUT2D eigenvalue weighted by Crippen LogP contribution is -2.13. The van der Waals surface area contributed by atoms with Gasteiger partial charge in [0.05, 0.1) is 11.6 Å². The van der Waals surface area contributed by atoms with Gasteiger partial charge in [0.15, 0.2) is 5.78 Å². The van der Waals surface area contributed by atoms with E-state index in [1.807, 2.05) is 19.9 Å². The minimum Gasteiger partial charge on any atom is -0.466 e. The minimum atomic E-state index is -0.844. The van der Waals surface area contributed by atoms with Gasteiger partial charge >= 0.3 is 0 Å². The standard InChI is InChI=1S/C15H14N2O2/c1-9-10(2)19-11(3)14(9)15(18)13(7-16)12-5-4-6-17-8-12/h4-6,8,13H,1-3H3. The molecule has 0 spiro atoms. The highest BCUT2D eigenvalue weighted by atomic mass is 16.3. The minimum absolute atomic E-state index is 0.234. The number of ketones is 1. The number of carbonyl (C=O) groups excluding carboxylic acids is 1. The second kappa shape index (κ2) is 5.07. The number of nitriles is 1. The summed E-state index contributed by atoms with van der Waals surface area (Å²) >= 11 is 0. The number of nitrogens with zero attached hydrogens (tertiary/aromatic N) is 2. The second-order valence-corrected chi connectivity index (χ2v) is 4.43. The van der Waals surface area contributed by atoms with E-state index in [2.05, 4.69) is 4.98 Å². The molecule has 2 aromatic heterocycles. The number of carbonyl (C=O) groups is 1. The molecule has 0 aliphatic carbocycles. The lowest BCUT2D eigenvalue weighted by atomic mass is 9.91. The van der Waals surface area contributed by atoms with Gasteiger partial charge in [-0.05, 0) is 32.4 Å². The molecular weight excluding hydrogens is 240 g/mol. The van der Waals surface area contributed by atoms with Crippen molar-refractivity contribution in [2.75, 3.05) is 0 Å². The zero-order valence-corrected chi connectivity index (χ0v) is 11.1. The SMILES string of the molecule is Cc1oc(C)c(C(=O)C(C#N)c2cccnc2)c1C. The molecule has 0 bridgehead atoms. The van der Waals surface area contributed by atoms with Crippen LogP contribution in [0.15, 0.2) is 28.9 Å². The summed E-state index contributed by atoms with van der Waals surface area (Å²) in [7, 11) is 0. The first-order chi connectivity index (χ1) is 9.06. The van der Waals surface area contributed by atoms with Gasteiger partial charge in [0.2, 0.25) is 0 Å². The fourth-order valence-electron chi connectivity index (χ4n) is 2.13. The van der Waals surface area contributed by atoms with Crippen LogP contribution in [0.2, 0.25) is 0 Å². The quantitative estimate of drug-likeness (QED) is 0.789. The number of pyridine rings is 1. The fourth-order valence-corrected chi connectivity index (χ4v) is 2.13. The zero-order valence-electron chi connectivity index (χ0n) is 11.1. The summed E-state index contributed by atoms with van der Waals surface area (Å²) in [4.78, 5) is 16.5. The molecule has 2 rings (SSSR count). The highest BCUT2D eigenvalue weighted by Gasteiger charge is 2.27. The summed E-state index contributed by atoms with van der Waals surface area (Å²) in [5, 5.41) is 9.27. The molecule has 0 aliphatic rings. The molecule has 1 atom stereocenters. The van der Waals surface area contributed by atoms with E-state index in [9.17, 15) is 10.1 Å². The molecule has 0 saturated carbocycles. The van der Waals surface area contributed by atoms with Gasteiger partial charge in [-0.3, -0.25) is 9.78 Å². The molecule has 1 unspecified atom stereocenters. The Kier molecular flexibility index (Phi) is 3.48. The van der Waals surface area contributed by atoms with E-state index in [1.165, 1.54) is 0 Å². The van der Waals surface area contributed by atoms with Crippen LogP contribution >= 0.6 is 0 Å². The number of Topliss-reactive ketones (excluding diaryl/α,β-unsaturated/α-hetero) is 1. The zero-order chi connectivity index (χ0) is 14.0. The third-order valence-corrected chi connectivity index (χ3v) is 3.22. The number of aryl methyl sites for hydroxylation is 2. The Labute approximate surface area is 111 Å². The molecule has 0 amide bonds. The first-order valence-electron chi connectivity index (χ1n) is 5.96. The van der Waals surface area contributed by atoms with Crippen LogP contribution < -0.4 is 0 Å². The molecule has 96 valence electrons. The van der Waals surface area contributed by atoms with Crippen molar-refractivity contribution in [3.63, 3.8) is 0 Å². The molecule has 2 heterocycles. The molecular formula is C15H14N2O2. The Bertz CT molecular complexity index is 651. The summed E-state index contributed by atoms with van der Waals surface area (Å²) < 4.78 is 5.45. The number of furan rings is 1. The Morgan fingerprint density at radius 2 is 2.11 bits per heavy atom. The summed E-state index contributed by atoms with van der Waals surface area (Å²) in [5.41, 5.74) is 1.91. The van der Waals surface area contributed by atoms with E-state index in [0.717, 1.165) is 5.56 Å². The van der Waals surface area contributed by atoms with Crippen LogP contribution in [0, 0.1) is 32.1 Å². The summed E-state index contributed by atoms with van der Waals surface area (Å²) in [6, 6.07) is 5.50. The third-order valence-electron chi connectivity index (χ3n) is 3.22. The van der Waals surface area contributed by atoms with Crippen molar-refractivity contribution in [2.45, 2.75) is 26.7 Å². The van der Waals surface area contributed by atoms with Crippen LogP contribution in [0.4, 0.5) is 0 Å². The molecule has 0 aliphatic heterocycles. The monoisotopic (exact) mass is 254 g/mol. The predicted octanol–water partition coefficient (Wildman–Crippen LogP) is 3.09. The van der Waals surface area contributed by atoms with E-state index in [0.29, 0.717) is 22.6 Å². The summed E-state index contributed by atoms with van der Waals surface area (Å²) in [6.07, 6.45) is 3.16. The van der Waals surface area contributed by atoms with Gasteiger partial charge in [0.1, 0.15) is 17.4 Å². The van der Waals surface area contributed by atoms with E-state index < -0.39 is 5.92 Å². The number of aromatic nitrogens is 1. The maximum atomic E-state index is 12.5. The van der Waals surface area contributed by atoms with Crippen LogP contribution in [0.5, 0.6) is 0 Å². The molecule has 4 nitrogen and oxygen atoms in total. The van der Waals surface area contributed by atoms with Gasteiger partial charge < -0.3 is 4.42 Å². The number of hydrogen-bond acceptors (Lipinski definition) is 4. The maximum absolute atomic E-state index is 12.5. The average Bonchev–Trinajstić information content (AvgIpc) is 2.65. The van der Waals surface area contributed by atoms with E-state index >= 15 is 0 Å². The van der Waals surface area contributed by atoms with Crippen molar-refractivity contribution in [1.82, 2.24) is 4.98 Å². The second-order valence-electron chi connectivity index (χ2n) is 4.43.